The van der Waals surface area contributed by atoms with Gasteiger partial charge in [-0.2, -0.15) is 0 Å². The Labute approximate surface area is 144 Å². The van der Waals surface area contributed by atoms with Crippen molar-refractivity contribution in [2.75, 3.05) is 7.11 Å². The highest BCUT2D eigenvalue weighted by molar-refractivity contribution is 7.92. The van der Waals surface area contributed by atoms with Crippen LogP contribution in [0.2, 0.25) is 0 Å². The summed E-state index contributed by atoms with van der Waals surface area (Å²) < 4.78 is 30.1. The number of ether oxygens (including phenoxy) is 1. The Balaban J connectivity index is 2.67. The first kappa shape index (κ1) is 20.4. The number of unbranched alkanes of at least 4 members (excludes halogenated alkanes) is 2. The Bertz CT molecular complexity index is 622. The molecule has 0 aliphatic rings. The van der Waals surface area contributed by atoms with Crippen LogP contribution < -0.4 is 0 Å². The molecule has 0 heterocycles. The lowest BCUT2D eigenvalue weighted by Gasteiger charge is -2.17. The minimum Gasteiger partial charge on any atom is -0.469 e. The topological polar surface area (TPSA) is 77.5 Å². The molecule has 1 aromatic rings. The molecule has 134 valence electrons. The summed E-state index contributed by atoms with van der Waals surface area (Å²) >= 11 is 0. The van der Waals surface area contributed by atoms with Crippen molar-refractivity contribution < 1.29 is 22.7 Å². The smallest absolute Gasteiger partial charge is 0.305 e. The third kappa shape index (κ3) is 6.83. The average molecular weight is 354 g/mol. The summed E-state index contributed by atoms with van der Waals surface area (Å²) in [7, 11) is -2.10. The zero-order valence-corrected chi connectivity index (χ0v) is 15.2. The number of esters is 1. The molecule has 0 amide bonds. The molecule has 0 saturated carbocycles. The number of methoxy groups -OCH3 is 1. The van der Waals surface area contributed by atoms with Gasteiger partial charge in [-0.25, -0.2) is 8.42 Å². The molecular weight excluding hydrogens is 328 g/mol. The summed E-state index contributed by atoms with van der Waals surface area (Å²) in [5.41, 5.74) is 0. The highest BCUT2D eigenvalue weighted by Crippen LogP contribution is 2.24. The summed E-state index contributed by atoms with van der Waals surface area (Å²) in [5, 5.41) is -0.568. The number of carbonyl (C=O) groups excluding carboxylic acids is 2. The fraction of sp³-hybridized carbons (Fsp3) is 0.556. The Hall–Kier alpha value is -1.69. The number of sulfone groups is 1. The second-order valence-corrected chi connectivity index (χ2v) is 8.12. The van der Waals surface area contributed by atoms with Crippen molar-refractivity contribution in [3.63, 3.8) is 0 Å². The average Bonchev–Trinajstić information content (AvgIpc) is 2.57. The maximum Gasteiger partial charge on any atom is 0.305 e. The minimum atomic E-state index is -3.45. The first-order chi connectivity index (χ1) is 11.4. The fourth-order valence-electron chi connectivity index (χ4n) is 2.54. The van der Waals surface area contributed by atoms with Gasteiger partial charge in [0.25, 0.3) is 0 Å². The number of hydrogen-bond donors (Lipinski definition) is 0. The molecule has 1 aromatic carbocycles. The molecule has 0 N–H and O–H groups in total. The van der Waals surface area contributed by atoms with Gasteiger partial charge in [-0.05, 0) is 38.3 Å². The molecule has 1 atom stereocenters. The van der Waals surface area contributed by atoms with Crippen LogP contribution in [0.25, 0.3) is 0 Å². The molecule has 0 saturated heterocycles. The maximum atomic E-state index is 12.8. The van der Waals surface area contributed by atoms with Crippen LogP contribution in [0.4, 0.5) is 0 Å². The second kappa shape index (κ2) is 10.2. The first-order valence-corrected chi connectivity index (χ1v) is 9.77. The molecule has 0 radical (unpaired) electrons. The van der Waals surface area contributed by atoms with E-state index in [9.17, 15) is 18.0 Å². The molecule has 5 nitrogen and oxygen atoms in total. The molecule has 1 rings (SSSR count). The highest BCUT2D eigenvalue weighted by atomic mass is 32.2. The number of hydrogen-bond acceptors (Lipinski definition) is 5. The lowest BCUT2D eigenvalue weighted by molar-refractivity contribution is -0.140. The van der Waals surface area contributed by atoms with Gasteiger partial charge < -0.3 is 9.53 Å². The summed E-state index contributed by atoms with van der Waals surface area (Å²) in [6.07, 6.45) is 3.58. The normalized spacial score (nSPS) is 12.6. The van der Waals surface area contributed by atoms with Gasteiger partial charge in [-0.1, -0.05) is 31.0 Å². The SMILES string of the molecule is COC(=O)CCCCCC(CCC(C)=O)S(=O)(=O)c1ccccc1. The van der Waals surface area contributed by atoms with Crippen molar-refractivity contribution in [3.8, 4) is 0 Å². The molecule has 0 spiro atoms. The van der Waals surface area contributed by atoms with Crippen LogP contribution in [-0.4, -0.2) is 32.5 Å². The summed E-state index contributed by atoms with van der Waals surface area (Å²) in [5.74, 6) is -0.256. The molecule has 24 heavy (non-hydrogen) atoms. The van der Waals surface area contributed by atoms with Crippen LogP contribution in [0.15, 0.2) is 35.2 Å². The van der Waals surface area contributed by atoms with Crippen LogP contribution in [0.3, 0.4) is 0 Å². The highest BCUT2D eigenvalue weighted by Gasteiger charge is 2.27. The van der Waals surface area contributed by atoms with E-state index in [-0.39, 0.29) is 18.2 Å². The van der Waals surface area contributed by atoms with Gasteiger partial charge in [-0.15, -0.1) is 0 Å². The third-order valence-corrected chi connectivity index (χ3v) is 6.24. The van der Waals surface area contributed by atoms with E-state index < -0.39 is 15.1 Å². The van der Waals surface area contributed by atoms with Crippen LogP contribution in [-0.2, 0) is 24.2 Å². The van der Waals surface area contributed by atoms with E-state index in [2.05, 4.69) is 4.74 Å². The van der Waals surface area contributed by atoms with E-state index in [0.717, 1.165) is 6.42 Å². The van der Waals surface area contributed by atoms with Crippen molar-refractivity contribution in [1.29, 1.82) is 0 Å². The zero-order valence-electron chi connectivity index (χ0n) is 14.4. The van der Waals surface area contributed by atoms with Gasteiger partial charge in [0, 0.05) is 12.8 Å². The number of benzene rings is 1. The molecule has 0 bridgehead atoms. The maximum absolute atomic E-state index is 12.8. The van der Waals surface area contributed by atoms with Crippen molar-refractivity contribution in [1.82, 2.24) is 0 Å². The lowest BCUT2D eigenvalue weighted by Crippen LogP contribution is -2.22. The van der Waals surface area contributed by atoms with Crippen molar-refractivity contribution in [2.45, 2.75) is 62.0 Å². The monoisotopic (exact) mass is 354 g/mol. The Kier molecular flexibility index (Phi) is 8.68. The molecule has 0 aliphatic carbocycles. The molecular formula is C18H26O5S. The molecule has 1 unspecified atom stereocenters. The van der Waals surface area contributed by atoms with E-state index in [1.54, 1.807) is 30.3 Å². The Morgan fingerprint density at radius 3 is 2.25 bits per heavy atom. The molecule has 0 aromatic heterocycles. The number of Topliss-reactive ketones (excluding diaryl/α,β-unsaturated/α-hetero) is 1. The summed E-state index contributed by atoms with van der Waals surface area (Å²) in [6, 6.07) is 8.35. The minimum absolute atomic E-state index is 0.00560. The van der Waals surface area contributed by atoms with Gasteiger partial charge in [0.1, 0.15) is 5.78 Å². The lowest BCUT2D eigenvalue weighted by atomic mass is 10.1. The predicted octanol–water partition coefficient (Wildman–Crippen LogP) is 3.32. The van der Waals surface area contributed by atoms with Crippen LogP contribution in [0.1, 0.15) is 51.9 Å². The molecule has 0 fully saturated rings. The Morgan fingerprint density at radius 1 is 1.00 bits per heavy atom. The quantitative estimate of drug-likeness (QED) is 0.450. The van der Waals surface area contributed by atoms with Gasteiger partial charge in [0.2, 0.25) is 0 Å². The van der Waals surface area contributed by atoms with E-state index in [1.165, 1.54) is 14.0 Å². The molecule has 0 aliphatic heterocycles. The van der Waals surface area contributed by atoms with E-state index in [4.69, 9.17) is 0 Å². The number of rotatable bonds is 11. The largest absolute Gasteiger partial charge is 0.469 e. The van der Waals surface area contributed by atoms with Crippen molar-refractivity contribution in [2.24, 2.45) is 0 Å². The van der Waals surface area contributed by atoms with Crippen LogP contribution in [0, 0.1) is 0 Å². The summed E-state index contributed by atoms with van der Waals surface area (Å²) in [6.45, 7) is 1.47. The first-order valence-electron chi connectivity index (χ1n) is 8.23. The van der Waals surface area contributed by atoms with E-state index in [1.807, 2.05) is 0 Å². The van der Waals surface area contributed by atoms with Crippen molar-refractivity contribution in [3.05, 3.63) is 30.3 Å². The Morgan fingerprint density at radius 2 is 1.67 bits per heavy atom. The van der Waals surface area contributed by atoms with Gasteiger partial charge in [-0.3, -0.25) is 4.79 Å². The van der Waals surface area contributed by atoms with Crippen LogP contribution >= 0.6 is 0 Å². The molecule has 6 heteroatoms. The standard InChI is InChI=1S/C18H26O5S/c1-15(19)13-14-17(11-7-4-8-12-18(20)23-2)24(21,22)16-9-5-3-6-10-16/h3,5-6,9-10,17H,4,7-8,11-14H2,1-2H3. The number of carbonyl (C=O) groups is 2. The van der Waals surface area contributed by atoms with Crippen molar-refractivity contribution >= 4 is 21.6 Å². The fourth-order valence-corrected chi connectivity index (χ4v) is 4.37. The number of ketones is 1. The van der Waals surface area contributed by atoms with Gasteiger partial charge in [0.15, 0.2) is 9.84 Å². The van der Waals surface area contributed by atoms with Crippen LogP contribution in [0.5, 0.6) is 0 Å². The zero-order chi connectivity index (χ0) is 18.0. The second-order valence-electron chi connectivity index (χ2n) is 5.90. The van der Waals surface area contributed by atoms with E-state index in [0.29, 0.717) is 37.0 Å². The summed E-state index contributed by atoms with van der Waals surface area (Å²) in [4.78, 5) is 22.6. The van der Waals surface area contributed by atoms with Gasteiger partial charge in [0.05, 0.1) is 17.3 Å². The van der Waals surface area contributed by atoms with E-state index >= 15 is 0 Å². The van der Waals surface area contributed by atoms with Gasteiger partial charge >= 0.3 is 5.97 Å². The third-order valence-electron chi connectivity index (χ3n) is 3.96. The predicted molar refractivity (Wildman–Crippen MR) is 92.4 cm³/mol.